The molecule has 1 aromatic carbocycles. The quantitative estimate of drug-likeness (QED) is 0.648. The fraction of sp³-hybridized carbons (Fsp3) is 0.182. The minimum Gasteiger partial charge on any atom is -0.320 e. The maximum absolute atomic E-state index is 12.4. The number of anilines is 1. The van der Waals surface area contributed by atoms with Gasteiger partial charge in [0, 0.05) is 11.6 Å². The number of aromatic nitrogens is 2. The molecule has 12 heteroatoms. The van der Waals surface area contributed by atoms with E-state index in [0.29, 0.717) is 6.20 Å². The van der Waals surface area contributed by atoms with Gasteiger partial charge in [0.1, 0.15) is 5.69 Å². The molecule has 0 radical (unpaired) electrons. The van der Waals surface area contributed by atoms with Crippen LogP contribution in [0, 0.1) is 17.0 Å². The molecule has 8 nitrogen and oxygen atoms in total. The van der Waals surface area contributed by atoms with Crippen molar-refractivity contribution in [3.8, 4) is 0 Å². The van der Waals surface area contributed by atoms with Crippen LogP contribution < -0.4 is 4.72 Å². The van der Waals surface area contributed by atoms with Crippen molar-refractivity contribution in [3.63, 3.8) is 0 Å². The van der Waals surface area contributed by atoms with Crippen molar-refractivity contribution < 1.29 is 26.5 Å². The molecule has 0 fully saturated rings. The molecule has 1 aromatic heterocycles. The first-order valence-electron chi connectivity index (χ1n) is 5.91. The maximum atomic E-state index is 12.4. The molecular weight excluding hydrogens is 341 g/mol. The highest BCUT2D eigenvalue weighted by Gasteiger charge is 2.33. The first-order valence-corrected chi connectivity index (χ1v) is 7.39. The fourth-order valence-electron chi connectivity index (χ4n) is 1.66. The Bertz CT molecular complexity index is 860. The van der Waals surface area contributed by atoms with Crippen LogP contribution in [0.4, 0.5) is 24.8 Å². The third-order valence-electron chi connectivity index (χ3n) is 2.80. The maximum Gasteiger partial charge on any atom is 0.432 e. The number of halogens is 3. The molecule has 0 spiro atoms. The van der Waals surface area contributed by atoms with Crippen LogP contribution >= 0.6 is 0 Å². The largest absolute Gasteiger partial charge is 0.432 e. The lowest BCUT2D eigenvalue weighted by Gasteiger charge is -2.06. The Morgan fingerprint density at radius 1 is 1.35 bits per heavy atom. The summed E-state index contributed by atoms with van der Waals surface area (Å²) in [5.74, 6) is -0.652. The van der Waals surface area contributed by atoms with Crippen LogP contribution in [0.25, 0.3) is 0 Å². The van der Waals surface area contributed by atoms with Gasteiger partial charge in [-0.15, -0.1) is 0 Å². The van der Waals surface area contributed by atoms with Gasteiger partial charge in [0.2, 0.25) is 5.95 Å². The second kappa shape index (κ2) is 5.53. The van der Waals surface area contributed by atoms with Crippen molar-refractivity contribution in [3.05, 3.63) is 45.8 Å². The number of aryl methyl sites for hydroxylation is 1. The number of nitro benzene ring substituents is 1. The van der Waals surface area contributed by atoms with Crippen molar-refractivity contribution in [2.75, 3.05) is 4.72 Å². The minimum absolute atomic E-state index is 0.242. The zero-order valence-electron chi connectivity index (χ0n) is 11.4. The Balaban J connectivity index is 2.34. The molecule has 0 bridgehead atoms. The molecule has 23 heavy (non-hydrogen) atoms. The zero-order chi connectivity index (χ0) is 17.4. The number of nitro groups is 1. The number of nitrogens with one attached hydrogen (secondary N) is 2. The molecule has 0 saturated heterocycles. The second-order valence-electron chi connectivity index (χ2n) is 4.45. The van der Waals surface area contributed by atoms with E-state index in [0.717, 1.165) is 12.1 Å². The van der Waals surface area contributed by atoms with Crippen LogP contribution in [0.1, 0.15) is 11.3 Å². The summed E-state index contributed by atoms with van der Waals surface area (Å²) in [5, 5.41) is 10.8. The normalized spacial score (nSPS) is 12.2. The van der Waals surface area contributed by atoms with E-state index in [1.54, 1.807) is 9.71 Å². The molecule has 124 valence electrons. The van der Waals surface area contributed by atoms with Crippen LogP contribution in [0.5, 0.6) is 0 Å². The summed E-state index contributed by atoms with van der Waals surface area (Å²) in [6.45, 7) is 1.42. The van der Waals surface area contributed by atoms with Gasteiger partial charge < -0.3 is 4.98 Å². The summed E-state index contributed by atoms with van der Waals surface area (Å²) in [5.41, 5.74) is -1.42. The number of nitrogens with zero attached hydrogens (tertiary/aromatic N) is 2. The summed E-state index contributed by atoms with van der Waals surface area (Å²) in [4.78, 5) is 14.6. The van der Waals surface area contributed by atoms with E-state index in [1.165, 1.54) is 13.0 Å². The van der Waals surface area contributed by atoms with Crippen LogP contribution in [-0.2, 0) is 16.2 Å². The van der Waals surface area contributed by atoms with Crippen LogP contribution in [0.2, 0.25) is 0 Å². The zero-order valence-corrected chi connectivity index (χ0v) is 12.2. The van der Waals surface area contributed by atoms with Crippen LogP contribution in [0.3, 0.4) is 0 Å². The average Bonchev–Trinajstić information content (AvgIpc) is 2.86. The van der Waals surface area contributed by atoms with Gasteiger partial charge in [-0.2, -0.15) is 13.2 Å². The van der Waals surface area contributed by atoms with Gasteiger partial charge in [0.05, 0.1) is 16.0 Å². The number of hydrogen-bond donors (Lipinski definition) is 2. The predicted molar refractivity (Wildman–Crippen MR) is 72.2 cm³/mol. The molecular formula is C11H9F3N4O4S. The van der Waals surface area contributed by atoms with Gasteiger partial charge in [-0.1, -0.05) is 6.07 Å². The van der Waals surface area contributed by atoms with Crippen molar-refractivity contribution in [2.45, 2.75) is 18.0 Å². The Hall–Kier alpha value is -2.63. The number of hydrogen-bond acceptors (Lipinski definition) is 5. The summed E-state index contributed by atoms with van der Waals surface area (Å²) in [6, 6.07) is 3.12. The lowest BCUT2D eigenvalue weighted by atomic mass is 10.2. The van der Waals surface area contributed by atoms with E-state index in [9.17, 15) is 31.7 Å². The van der Waals surface area contributed by atoms with E-state index in [1.807, 2.05) is 0 Å². The van der Waals surface area contributed by atoms with Gasteiger partial charge in [-0.3, -0.25) is 10.1 Å². The summed E-state index contributed by atoms with van der Waals surface area (Å²) < 4.78 is 63.2. The standard InChI is InChI=1S/C11H9F3N4O4S/c1-6-2-3-7(4-8(6)18(19)20)23(21,22)17-10-15-5-9(16-10)11(12,13)14/h2-5H,1H3,(H2,15,16,17). The number of sulfonamides is 1. The molecule has 0 aliphatic heterocycles. The van der Waals surface area contributed by atoms with Gasteiger partial charge in [-0.25, -0.2) is 18.1 Å². The van der Waals surface area contributed by atoms with Crippen molar-refractivity contribution >= 4 is 21.7 Å². The summed E-state index contributed by atoms with van der Waals surface area (Å²) >= 11 is 0. The topological polar surface area (TPSA) is 118 Å². The molecule has 0 aliphatic carbocycles. The Labute approximate surface area is 127 Å². The summed E-state index contributed by atoms with van der Waals surface area (Å²) in [6.07, 6.45) is -4.28. The monoisotopic (exact) mass is 350 g/mol. The summed E-state index contributed by atoms with van der Waals surface area (Å²) in [7, 11) is -4.33. The number of benzene rings is 1. The van der Waals surface area contributed by atoms with Crippen molar-refractivity contribution in [1.82, 2.24) is 9.97 Å². The smallest absolute Gasteiger partial charge is 0.320 e. The number of alkyl halides is 3. The first kappa shape index (κ1) is 16.7. The van der Waals surface area contributed by atoms with Crippen molar-refractivity contribution in [1.29, 1.82) is 0 Å². The molecule has 2 aromatic rings. The SMILES string of the molecule is Cc1ccc(S(=O)(=O)Nc2ncc(C(F)(F)F)[nH]2)cc1[N+](=O)[O-]. The van der Waals surface area contributed by atoms with Crippen LogP contribution in [0.15, 0.2) is 29.3 Å². The van der Waals surface area contributed by atoms with E-state index >= 15 is 0 Å². The average molecular weight is 350 g/mol. The lowest BCUT2D eigenvalue weighted by molar-refractivity contribution is -0.385. The molecule has 0 atom stereocenters. The van der Waals surface area contributed by atoms with Gasteiger partial charge in [0.25, 0.3) is 15.7 Å². The van der Waals surface area contributed by atoms with E-state index in [4.69, 9.17) is 0 Å². The molecule has 0 amide bonds. The Morgan fingerprint density at radius 3 is 2.52 bits per heavy atom. The highest BCUT2D eigenvalue weighted by Crippen LogP contribution is 2.29. The van der Waals surface area contributed by atoms with Crippen LogP contribution in [-0.4, -0.2) is 23.3 Å². The third-order valence-corrected chi connectivity index (χ3v) is 4.14. The number of imidazole rings is 1. The second-order valence-corrected chi connectivity index (χ2v) is 6.14. The Kier molecular flexibility index (Phi) is 4.03. The fourth-order valence-corrected chi connectivity index (χ4v) is 2.65. The van der Waals surface area contributed by atoms with Gasteiger partial charge >= 0.3 is 6.18 Å². The van der Waals surface area contributed by atoms with Gasteiger partial charge in [0.15, 0.2) is 0 Å². The van der Waals surface area contributed by atoms with Gasteiger partial charge in [-0.05, 0) is 13.0 Å². The lowest BCUT2D eigenvalue weighted by Crippen LogP contribution is -2.15. The Morgan fingerprint density at radius 2 is 2.00 bits per heavy atom. The molecule has 0 saturated carbocycles. The highest BCUT2D eigenvalue weighted by atomic mass is 32.2. The van der Waals surface area contributed by atoms with E-state index < -0.39 is 43.3 Å². The van der Waals surface area contributed by atoms with E-state index in [2.05, 4.69) is 4.98 Å². The first-order chi connectivity index (χ1) is 10.5. The number of aromatic amines is 1. The third kappa shape index (κ3) is 3.59. The highest BCUT2D eigenvalue weighted by molar-refractivity contribution is 7.92. The molecule has 0 aliphatic rings. The van der Waals surface area contributed by atoms with Crippen molar-refractivity contribution in [2.24, 2.45) is 0 Å². The molecule has 2 rings (SSSR count). The van der Waals surface area contributed by atoms with E-state index in [-0.39, 0.29) is 5.56 Å². The molecule has 0 unspecified atom stereocenters. The minimum atomic E-state index is -4.71. The predicted octanol–water partition coefficient (Wildman–Crippen LogP) is 2.45. The molecule has 2 N–H and O–H groups in total. The molecule has 1 heterocycles. The number of H-pyrrole nitrogens is 1. The number of rotatable bonds is 4.